The highest BCUT2D eigenvalue weighted by molar-refractivity contribution is 7.89. The topological polar surface area (TPSA) is 57.7 Å². The number of halogens is 2. The standard InChI is InChI=1S/C21H24Cl2N2O3S/c1-15-9-11-25(12-10-15)29(27,28)18-7-8-20(23)19(13-18)21(26)24(2)14-16-3-5-17(22)6-4-16/h3-8,13,15H,9-12,14H2,1-2H3. The predicted molar refractivity (Wildman–Crippen MR) is 116 cm³/mol. The zero-order chi connectivity index (χ0) is 21.2. The third-order valence-corrected chi connectivity index (χ3v) is 7.70. The molecule has 1 fully saturated rings. The Bertz CT molecular complexity index is 985. The molecule has 1 heterocycles. The molecule has 0 bridgehead atoms. The molecule has 0 spiro atoms. The SMILES string of the molecule is CC1CCN(S(=O)(=O)c2ccc(Cl)c(C(=O)N(C)Cc3ccc(Cl)cc3)c2)CC1. The molecule has 2 aromatic rings. The summed E-state index contributed by atoms with van der Waals surface area (Å²) in [7, 11) is -2.01. The van der Waals surface area contributed by atoms with Gasteiger partial charge in [0.25, 0.3) is 5.91 Å². The molecule has 1 aliphatic heterocycles. The van der Waals surface area contributed by atoms with Gasteiger partial charge in [-0.2, -0.15) is 4.31 Å². The molecular weight excluding hydrogens is 431 g/mol. The number of nitrogens with zero attached hydrogens (tertiary/aromatic N) is 2. The fourth-order valence-corrected chi connectivity index (χ4v) is 5.17. The minimum absolute atomic E-state index is 0.0969. The molecule has 0 radical (unpaired) electrons. The minimum atomic E-state index is -3.66. The first-order valence-corrected chi connectivity index (χ1v) is 11.7. The summed E-state index contributed by atoms with van der Waals surface area (Å²) in [5.74, 6) is 0.180. The van der Waals surface area contributed by atoms with E-state index in [2.05, 4.69) is 6.92 Å². The predicted octanol–water partition coefficient (Wildman–Crippen LogP) is 4.69. The van der Waals surface area contributed by atoms with Gasteiger partial charge in [0.05, 0.1) is 15.5 Å². The van der Waals surface area contributed by atoms with Crippen molar-refractivity contribution >= 4 is 39.1 Å². The van der Waals surface area contributed by atoms with E-state index < -0.39 is 10.0 Å². The Morgan fingerprint density at radius 3 is 2.34 bits per heavy atom. The molecule has 0 unspecified atom stereocenters. The Morgan fingerprint density at radius 1 is 1.10 bits per heavy atom. The second-order valence-electron chi connectivity index (χ2n) is 7.52. The Hall–Kier alpha value is -1.60. The number of hydrogen-bond acceptors (Lipinski definition) is 3. The lowest BCUT2D eigenvalue weighted by atomic mass is 10.0. The van der Waals surface area contributed by atoms with E-state index in [1.807, 2.05) is 12.1 Å². The van der Waals surface area contributed by atoms with Crippen LogP contribution < -0.4 is 0 Å². The zero-order valence-electron chi connectivity index (χ0n) is 16.4. The maximum Gasteiger partial charge on any atom is 0.255 e. The third-order valence-electron chi connectivity index (χ3n) is 5.23. The number of carbonyl (C=O) groups excluding carboxylic acids is 1. The van der Waals surface area contributed by atoms with E-state index >= 15 is 0 Å². The largest absolute Gasteiger partial charge is 0.337 e. The average Bonchev–Trinajstić information content (AvgIpc) is 2.69. The van der Waals surface area contributed by atoms with Crippen LogP contribution in [-0.4, -0.2) is 43.7 Å². The summed E-state index contributed by atoms with van der Waals surface area (Å²) in [6, 6.07) is 11.5. The van der Waals surface area contributed by atoms with E-state index in [1.54, 1.807) is 19.2 Å². The smallest absolute Gasteiger partial charge is 0.255 e. The van der Waals surface area contributed by atoms with Crippen molar-refractivity contribution in [2.45, 2.75) is 31.2 Å². The molecule has 0 aliphatic carbocycles. The normalized spacial score (nSPS) is 16.0. The minimum Gasteiger partial charge on any atom is -0.337 e. The summed E-state index contributed by atoms with van der Waals surface area (Å²) in [5, 5.41) is 0.847. The number of rotatable bonds is 5. The van der Waals surface area contributed by atoms with Crippen molar-refractivity contribution in [3.8, 4) is 0 Å². The van der Waals surface area contributed by atoms with Gasteiger partial charge in [0.15, 0.2) is 0 Å². The van der Waals surface area contributed by atoms with Crippen molar-refractivity contribution in [1.29, 1.82) is 0 Å². The van der Waals surface area contributed by atoms with Gasteiger partial charge in [-0.1, -0.05) is 42.3 Å². The molecule has 0 N–H and O–H groups in total. The highest BCUT2D eigenvalue weighted by atomic mass is 35.5. The van der Waals surface area contributed by atoms with E-state index in [4.69, 9.17) is 23.2 Å². The van der Waals surface area contributed by atoms with Crippen molar-refractivity contribution < 1.29 is 13.2 Å². The Labute approximate surface area is 182 Å². The van der Waals surface area contributed by atoms with Crippen LogP contribution in [0.25, 0.3) is 0 Å². The molecule has 0 aromatic heterocycles. The van der Waals surface area contributed by atoms with Gasteiger partial charge in [-0.25, -0.2) is 8.42 Å². The van der Waals surface area contributed by atoms with E-state index in [1.165, 1.54) is 27.4 Å². The summed E-state index contributed by atoms with van der Waals surface area (Å²) < 4.78 is 27.5. The molecule has 1 amide bonds. The lowest BCUT2D eigenvalue weighted by Crippen LogP contribution is -2.38. The Balaban J connectivity index is 1.82. The highest BCUT2D eigenvalue weighted by Gasteiger charge is 2.29. The van der Waals surface area contributed by atoms with Crippen molar-refractivity contribution in [2.75, 3.05) is 20.1 Å². The van der Waals surface area contributed by atoms with Crippen LogP contribution in [0.15, 0.2) is 47.4 Å². The van der Waals surface area contributed by atoms with Crippen molar-refractivity contribution in [3.63, 3.8) is 0 Å². The van der Waals surface area contributed by atoms with E-state index in [0.29, 0.717) is 30.6 Å². The van der Waals surface area contributed by atoms with Crippen LogP contribution in [0, 0.1) is 5.92 Å². The Kier molecular flexibility index (Phi) is 6.89. The molecule has 3 rings (SSSR count). The van der Waals surface area contributed by atoms with Gasteiger partial charge >= 0.3 is 0 Å². The number of carbonyl (C=O) groups is 1. The fraction of sp³-hybridized carbons (Fsp3) is 0.381. The van der Waals surface area contributed by atoms with Gasteiger partial charge < -0.3 is 4.90 Å². The second-order valence-corrected chi connectivity index (χ2v) is 10.3. The summed E-state index contributed by atoms with van der Waals surface area (Å²) in [6.07, 6.45) is 1.67. The molecule has 29 heavy (non-hydrogen) atoms. The summed E-state index contributed by atoms with van der Waals surface area (Å²) in [4.78, 5) is 14.5. The quantitative estimate of drug-likeness (QED) is 0.658. The second kappa shape index (κ2) is 9.04. The lowest BCUT2D eigenvalue weighted by Gasteiger charge is -2.29. The molecule has 5 nitrogen and oxygen atoms in total. The van der Waals surface area contributed by atoms with Crippen LogP contribution >= 0.6 is 23.2 Å². The molecule has 0 saturated carbocycles. The van der Waals surface area contributed by atoms with Crippen LogP contribution in [0.1, 0.15) is 35.7 Å². The molecule has 156 valence electrons. The molecule has 1 saturated heterocycles. The van der Waals surface area contributed by atoms with Crippen molar-refractivity contribution in [3.05, 3.63) is 63.6 Å². The van der Waals surface area contributed by atoms with Gasteiger partial charge in [-0.15, -0.1) is 0 Å². The third kappa shape index (κ3) is 5.12. The van der Waals surface area contributed by atoms with Crippen LogP contribution in [0.2, 0.25) is 10.0 Å². The monoisotopic (exact) mass is 454 g/mol. The van der Waals surface area contributed by atoms with Crippen molar-refractivity contribution in [2.24, 2.45) is 5.92 Å². The summed E-state index contributed by atoms with van der Waals surface area (Å²) in [6.45, 7) is 3.46. The zero-order valence-corrected chi connectivity index (χ0v) is 18.8. The van der Waals surface area contributed by atoms with E-state index in [-0.39, 0.29) is 21.4 Å². The van der Waals surface area contributed by atoms with Gasteiger partial charge in [-0.05, 0) is 54.7 Å². The summed E-state index contributed by atoms with van der Waals surface area (Å²) >= 11 is 12.1. The molecular formula is C21H24Cl2N2O3S. The molecule has 0 atom stereocenters. The first kappa shape index (κ1) is 22.1. The van der Waals surface area contributed by atoms with Crippen LogP contribution in [0.3, 0.4) is 0 Å². The number of amides is 1. The van der Waals surface area contributed by atoms with Crippen molar-refractivity contribution in [1.82, 2.24) is 9.21 Å². The van der Waals surface area contributed by atoms with Gasteiger partial charge in [0.1, 0.15) is 0 Å². The first-order valence-electron chi connectivity index (χ1n) is 9.48. The van der Waals surface area contributed by atoms with Gasteiger partial charge in [0.2, 0.25) is 10.0 Å². The lowest BCUT2D eigenvalue weighted by molar-refractivity contribution is 0.0785. The Morgan fingerprint density at radius 2 is 1.72 bits per heavy atom. The average molecular weight is 455 g/mol. The number of piperidine rings is 1. The first-order chi connectivity index (χ1) is 13.7. The fourth-order valence-electron chi connectivity index (χ4n) is 3.34. The maximum absolute atomic E-state index is 13.0. The van der Waals surface area contributed by atoms with Crippen LogP contribution in [-0.2, 0) is 16.6 Å². The molecule has 1 aliphatic rings. The van der Waals surface area contributed by atoms with Gasteiger partial charge in [0, 0.05) is 31.7 Å². The molecule has 8 heteroatoms. The number of sulfonamides is 1. The van der Waals surface area contributed by atoms with E-state index in [9.17, 15) is 13.2 Å². The maximum atomic E-state index is 13.0. The number of hydrogen-bond donors (Lipinski definition) is 0. The van der Waals surface area contributed by atoms with E-state index in [0.717, 1.165) is 18.4 Å². The summed E-state index contributed by atoms with van der Waals surface area (Å²) in [5.41, 5.74) is 1.09. The van der Waals surface area contributed by atoms with Gasteiger partial charge in [-0.3, -0.25) is 4.79 Å². The van der Waals surface area contributed by atoms with Crippen LogP contribution in [0.4, 0.5) is 0 Å². The molecule has 2 aromatic carbocycles. The van der Waals surface area contributed by atoms with Crippen LogP contribution in [0.5, 0.6) is 0 Å². The highest BCUT2D eigenvalue weighted by Crippen LogP contribution is 2.27. The number of benzene rings is 2.